The quantitative estimate of drug-likeness (QED) is 0.606. The largest absolute Gasteiger partial charge is 0.482 e. The van der Waals surface area contributed by atoms with Crippen LogP contribution in [0.2, 0.25) is 5.02 Å². The van der Waals surface area contributed by atoms with Crippen LogP contribution in [0.4, 0.5) is 4.39 Å². The SMILES string of the molecule is CN(CCC(N)=S)C(=O)COc1cc(F)c(Cl)cc1Br. The highest BCUT2D eigenvalue weighted by molar-refractivity contribution is 9.10. The molecule has 0 unspecified atom stereocenters. The van der Waals surface area contributed by atoms with Crippen LogP contribution in [0.25, 0.3) is 0 Å². The summed E-state index contributed by atoms with van der Waals surface area (Å²) in [6.45, 7) is 0.196. The first kappa shape index (κ1) is 17.1. The van der Waals surface area contributed by atoms with Crippen molar-refractivity contribution in [1.29, 1.82) is 0 Å². The number of halogens is 3. The number of nitrogens with two attached hydrogens (primary N) is 1. The van der Waals surface area contributed by atoms with E-state index in [1.165, 1.54) is 11.0 Å². The molecule has 0 aliphatic rings. The van der Waals surface area contributed by atoms with Crippen molar-refractivity contribution in [2.24, 2.45) is 5.73 Å². The summed E-state index contributed by atoms with van der Waals surface area (Å²) in [5.41, 5.74) is 5.36. The number of benzene rings is 1. The topological polar surface area (TPSA) is 55.6 Å². The zero-order chi connectivity index (χ0) is 15.3. The first-order valence-electron chi connectivity index (χ1n) is 5.61. The van der Waals surface area contributed by atoms with Crippen molar-refractivity contribution in [2.45, 2.75) is 6.42 Å². The van der Waals surface area contributed by atoms with Crippen LogP contribution in [0.3, 0.4) is 0 Å². The van der Waals surface area contributed by atoms with E-state index in [9.17, 15) is 9.18 Å². The van der Waals surface area contributed by atoms with Gasteiger partial charge in [0.1, 0.15) is 11.6 Å². The normalized spacial score (nSPS) is 10.2. The molecule has 0 aromatic heterocycles. The maximum absolute atomic E-state index is 13.3. The van der Waals surface area contributed by atoms with Gasteiger partial charge in [-0.3, -0.25) is 4.79 Å². The third kappa shape index (κ3) is 5.22. The van der Waals surface area contributed by atoms with E-state index in [1.54, 1.807) is 7.05 Å². The molecule has 0 spiro atoms. The number of rotatable bonds is 6. The van der Waals surface area contributed by atoms with E-state index in [0.717, 1.165) is 6.07 Å². The standard InChI is InChI=1S/C12H13BrClFN2O2S/c1-17(3-2-11(16)20)12(18)6-19-10-5-9(15)8(14)4-7(10)13/h4-5H,2-3,6H2,1H3,(H2,16,20). The van der Waals surface area contributed by atoms with Gasteiger partial charge in [-0.1, -0.05) is 23.8 Å². The molecule has 0 aliphatic carbocycles. The van der Waals surface area contributed by atoms with Crippen LogP contribution in [0.15, 0.2) is 16.6 Å². The van der Waals surface area contributed by atoms with Gasteiger partial charge in [0.2, 0.25) is 0 Å². The second-order valence-electron chi connectivity index (χ2n) is 4.02. The second-order valence-corrected chi connectivity index (χ2v) is 5.80. The Labute approximate surface area is 135 Å². The lowest BCUT2D eigenvalue weighted by molar-refractivity contribution is -0.131. The Hall–Kier alpha value is -0.920. The molecule has 1 rings (SSSR count). The maximum Gasteiger partial charge on any atom is 0.260 e. The zero-order valence-electron chi connectivity index (χ0n) is 10.7. The van der Waals surface area contributed by atoms with Crippen molar-refractivity contribution in [3.63, 3.8) is 0 Å². The zero-order valence-corrected chi connectivity index (χ0v) is 13.8. The van der Waals surface area contributed by atoms with Gasteiger partial charge < -0.3 is 15.4 Å². The van der Waals surface area contributed by atoms with Crippen molar-refractivity contribution in [2.75, 3.05) is 20.2 Å². The van der Waals surface area contributed by atoms with Crippen LogP contribution in [0, 0.1) is 5.82 Å². The number of thiocarbonyl (C=S) groups is 1. The first-order chi connectivity index (χ1) is 9.31. The molecule has 2 N–H and O–H groups in total. The summed E-state index contributed by atoms with van der Waals surface area (Å²) in [7, 11) is 1.61. The number of hydrogen-bond acceptors (Lipinski definition) is 3. The fraction of sp³-hybridized carbons (Fsp3) is 0.333. The Bertz CT molecular complexity index is 530. The Morgan fingerprint density at radius 2 is 2.25 bits per heavy atom. The average molecular weight is 384 g/mol. The summed E-state index contributed by atoms with van der Waals surface area (Å²) in [5.74, 6) is -0.661. The van der Waals surface area contributed by atoms with Crippen LogP contribution in [0.1, 0.15) is 6.42 Å². The Morgan fingerprint density at radius 3 is 2.85 bits per heavy atom. The van der Waals surface area contributed by atoms with Gasteiger partial charge >= 0.3 is 0 Å². The van der Waals surface area contributed by atoms with Crippen molar-refractivity contribution in [3.8, 4) is 5.75 Å². The molecule has 0 fully saturated rings. The number of carbonyl (C=O) groups is 1. The highest BCUT2D eigenvalue weighted by Crippen LogP contribution is 2.30. The number of hydrogen-bond donors (Lipinski definition) is 1. The van der Waals surface area contributed by atoms with E-state index in [1.807, 2.05) is 0 Å². The van der Waals surface area contributed by atoms with Gasteiger partial charge in [0.25, 0.3) is 5.91 Å². The molecule has 1 amide bonds. The van der Waals surface area contributed by atoms with Gasteiger partial charge in [0.05, 0.1) is 14.5 Å². The Morgan fingerprint density at radius 1 is 1.60 bits per heavy atom. The molecule has 0 radical (unpaired) electrons. The lowest BCUT2D eigenvalue weighted by Gasteiger charge is -2.17. The summed E-state index contributed by atoms with van der Waals surface area (Å²) in [4.78, 5) is 13.6. The van der Waals surface area contributed by atoms with Gasteiger partial charge in [-0.2, -0.15) is 0 Å². The molecule has 110 valence electrons. The molecule has 20 heavy (non-hydrogen) atoms. The van der Waals surface area contributed by atoms with Crippen LogP contribution in [-0.4, -0.2) is 36.0 Å². The minimum absolute atomic E-state index is 0.0240. The smallest absolute Gasteiger partial charge is 0.260 e. The Balaban J connectivity index is 2.56. The van der Waals surface area contributed by atoms with Gasteiger partial charge in [-0.15, -0.1) is 0 Å². The maximum atomic E-state index is 13.3. The molecule has 0 atom stereocenters. The number of amides is 1. The number of likely N-dealkylation sites (N-methyl/N-ethyl adjacent to an activating group) is 1. The molecule has 0 aliphatic heterocycles. The first-order valence-corrected chi connectivity index (χ1v) is 7.18. The molecule has 0 bridgehead atoms. The van der Waals surface area contributed by atoms with E-state index in [-0.39, 0.29) is 23.3 Å². The summed E-state index contributed by atoms with van der Waals surface area (Å²) < 4.78 is 19.0. The number of carbonyl (C=O) groups excluding carboxylic acids is 1. The molecule has 8 heteroatoms. The highest BCUT2D eigenvalue weighted by atomic mass is 79.9. The lowest BCUT2D eigenvalue weighted by Crippen LogP contribution is -2.33. The molecular formula is C12H13BrClFN2O2S. The Kier molecular flexibility index (Phi) is 6.64. The molecule has 4 nitrogen and oxygen atoms in total. The van der Waals surface area contributed by atoms with E-state index in [2.05, 4.69) is 15.9 Å². The fourth-order valence-electron chi connectivity index (χ4n) is 1.27. The van der Waals surface area contributed by atoms with E-state index < -0.39 is 5.82 Å². The minimum Gasteiger partial charge on any atom is -0.482 e. The third-order valence-electron chi connectivity index (χ3n) is 2.45. The van der Waals surface area contributed by atoms with Gasteiger partial charge in [-0.05, 0) is 22.0 Å². The second kappa shape index (κ2) is 7.75. The highest BCUT2D eigenvalue weighted by Gasteiger charge is 2.13. The van der Waals surface area contributed by atoms with Crippen molar-refractivity contribution >= 4 is 50.6 Å². The van der Waals surface area contributed by atoms with Crippen molar-refractivity contribution in [3.05, 3.63) is 27.4 Å². The summed E-state index contributed by atoms with van der Waals surface area (Å²) in [6, 6.07) is 2.49. The number of nitrogens with zero attached hydrogens (tertiary/aromatic N) is 1. The predicted octanol–water partition coefficient (Wildman–Crippen LogP) is 2.76. The van der Waals surface area contributed by atoms with Gasteiger partial charge in [0.15, 0.2) is 6.61 Å². The van der Waals surface area contributed by atoms with Crippen LogP contribution in [-0.2, 0) is 4.79 Å². The van der Waals surface area contributed by atoms with E-state index >= 15 is 0 Å². The fourth-order valence-corrected chi connectivity index (χ4v) is 2.11. The predicted molar refractivity (Wildman–Crippen MR) is 83.6 cm³/mol. The van der Waals surface area contributed by atoms with Crippen molar-refractivity contribution in [1.82, 2.24) is 4.90 Å². The minimum atomic E-state index is -0.612. The van der Waals surface area contributed by atoms with Gasteiger partial charge in [0, 0.05) is 26.1 Å². The third-order valence-corrected chi connectivity index (χ3v) is 3.56. The van der Waals surface area contributed by atoms with E-state index in [0.29, 0.717) is 22.4 Å². The molecule has 0 saturated heterocycles. The van der Waals surface area contributed by atoms with E-state index in [4.69, 9.17) is 34.3 Å². The summed E-state index contributed by atoms with van der Waals surface area (Å²) >= 11 is 13.5. The molecule has 1 aromatic rings. The lowest BCUT2D eigenvalue weighted by atomic mass is 10.3. The van der Waals surface area contributed by atoms with Crippen LogP contribution >= 0.6 is 39.7 Å². The van der Waals surface area contributed by atoms with Crippen LogP contribution < -0.4 is 10.5 Å². The van der Waals surface area contributed by atoms with Crippen molar-refractivity contribution < 1.29 is 13.9 Å². The molecular weight excluding hydrogens is 371 g/mol. The summed E-state index contributed by atoms with van der Waals surface area (Å²) in [5, 5.41) is -0.0240. The molecule has 0 heterocycles. The average Bonchev–Trinajstić information content (AvgIpc) is 2.38. The monoisotopic (exact) mass is 382 g/mol. The van der Waals surface area contributed by atoms with Gasteiger partial charge in [-0.25, -0.2) is 4.39 Å². The summed E-state index contributed by atoms with van der Waals surface area (Å²) in [6.07, 6.45) is 0.441. The number of ether oxygens (including phenoxy) is 1. The molecule has 1 aromatic carbocycles. The van der Waals surface area contributed by atoms with Crippen LogP contribution in [0.5, 0.6) is 5.75 Å². The molecule has 0 saturated carbocycles.